The first-order chi connectivity index (χ1) is 18.2. The fourth-order valence-electron chi connectivity index (χ4n) is 6.86. The molecule has 0 saturated heterocycles. The maximum absolute atomic E-state index is 2.59. The van der Waals surface area contributed by atoms with Crippen molar-refractivity contribution in [1.82, 2.24) is 9.80 Å². The van der Waals surface area contributed by atoms with Gasteiger partial charge in [0.05, 0.1) is 0 Å². The van der Waals surface area contributed by atoms with Gasteiger partial charge in [-0.15, -0.1) is 0 Å². The molecule has 0 spiro atoms. The molecular weight excluding hydrogens is 448 g/mol. The number of nitrogens with zero attached hydrogens (tertiary/aromatic N) is 2. The van der Waals surface area contributed by atoms with Gasteiger partial charge in [-0.1, -0.05) is 99.2 Å². The third-order valence-electron chi connectivity index (χ3n) is 9.24. The van der Waals surface area contributed by atoms with Crippen molar-refractivity contribution in [3.05, 3.63) is 70.8 Å². The first kappa shape index (κ1) is 26.4. The normalized spacial score (nSPS) is 18.9. The molecule has 0 bridgehead atoms. The lowest BCUT2D eigenvalue weighted by Crippen LogP contribution is -2.33. The lowest BCUT2D eigenvalue weighted by atomic mass is 9.94. The van der Waals surface area contributed by atoms with Crippen LogP contribution >= 0.6 is 0 Å². The maximum Gasteiger partial charge on any atom is 0.00923 e. The van der Waals surface area contributed by atoms with Crippen molar-refractivity contribution < 1.29 is 0 Å². The summed E-state index contributed by atoms with van der Waals surface area (Å²) in [5.74, 6) is 0. The van der Waals surface area contributed by atoms with Crippen LogP contribution in [0.25, 0.3) is 23.3 Å². The summed E-state index contributed by atoms with van der Waals surface area (Å²) < 4.78 is 0. The van der Waals surface area contributed by atoms with E-state index < -0.39 is 0 Å². The van der Waals surface area contributed by atoms with E-state index in [1.165, 1.54) is 111 Å². The zero-order valence-electron chi connectivity index (χ0n) is 23.4. The number of benzene rings is 2. The molecule has 0 radical (unpaired) electrons. The second-order valence-electron chi connectivity index (χ2n) is 11.9. The van der Waals surface area contributed by atoms with Gasteiger partial charge in [-0.2, -0.15) is 0 Å². The molecule has 2 fully saturated rings. The third kappa shape index (κ3) is 7.03. The highest BCUT2D eigenvalue weighted by Gasteiger charge is 2.19. The van der Waals surface area contributed by atoms with Crippen LogP contribution in [-0.2, 0) is 6.42 Å². The van der Waals surface area contributed by atoms with Gasteiger partial charge >= 0.3 is 0 Å². The number of fused-ring (bicyclic) bond motifs is 3. The zero-order valence-corrected chi connectivity index (χ0v) is 23.4. The van der Waals surface area contributed by atoms with Crippen molar-refractivity contribution >= 4 is 12.2 Å². The highest BCUT2D eigenvalue weighted by Crippen LogP contribution is 2.38. The molecule has 0 aliphatic heterocycles. The Bertz CT molecular complexity index is 983. The van der Waals surface area contributed by atoms with Gasteiger partial charge in [0.15, 0.2) is 0 Å². The molecule has 0 aromatic heterocycles. The van der Waals surface area contributed by atoms with Crippen molar-refractivity contribution in [1.29, 1.82) is 0 Å². The summed E-state index contributed by atoms with van der Waals surface area (Å²) in [4.78, 5) is 5.17. The molecule has 0 N–H and O–H groups in total. The monoisotopic (exact) mass is 496 g/mol. The molecule has 2 nitrogen and oxygen atoms in total. The third-order valence-corrected chi connectivity index (χ3v) is 9.24. The Labute approximate surface area is 226 Å². The van der Waals surface area contributed by atoms with Crippen molar-refractivity contribution in [3.63, 3.8) is 0 Å². The first-order valence-corrected chi connectivity index (χ1v) is 15.2. The summed E-state index contributed by atoms with van der Waals surface area (Å²) >= 11 is 0. The Balaban J connectivity index is 1.11. The molecule has 0 unspecified atom stereocenters. The van der Waals surface area contributed by atoms with Crippen LogP contribution in [0.5, 0.6) is 0 Å². The van der Waals surface area contributed by atoms with Gasteiger partial charge in [-0.3, -0.25) is 0 Å². The van der Waals surface area contributed by atoms with E-state index in [9.17, 15) is 0 Å². The Hall–Kier alpha value is -2.16. The molecule has 2 aromatic carbocycles. The van der Waals surface area contributed by atoms with Gasteiger partial charge in [-0.25, -0.2) is 0 Å². The van der Waals surface area contributed by atoms with Crippen LogP contribution in [0.15, 0.2) is 48.6 Å². The molecule has 2 heteroatoms. The van der Waals surface area contributed by atoms with Crippen LogP contribution in [-0.4, -0.2) is 49.1 Å². The largest absolute Gasteiger partial charge is 0.303 e. The minimum atomic E-state index is 0.809. The number of hydrogen-bond acceptors (Lipinski definition) is 2. The summed E-state index contributed by atoms with van der Waals surface area (Å²) in [5.41, 5.74) is 8.49. The van der Waals surface area contributed by atoms with Gasteiger partial charge in [0.2, 0.25) is 0 Å². The Kier molecular flexibility index (Phi) is 9.34. The predicted molar refractivity (Wildman–Crippen MR) is 161 cm³/mol. The topological polar surface area (TPSA) is 6.48 Å². The molecule has 3 aliphatic rings. The molecular formula is C35H48N2. The fraction of sp³-hybridized carbons (Fsp3) is 0.543. The van der Waals surface area contributed by atoms with E-state index in [1.807, 2.05) is 0 Å². The second-order valence-corrected chi connectivity index (χ2v) is 11.9. The summed E-state index contributed by atoms with van der Waals surface area (Å²) in [6.45, 7) is 2.34. The Morgan fingerprint density at radius 2 is 1.05 bits per heavy atom. The molecule has 0 heterocycles. The van der Waals surface area contributed by atoms with Crippen LogP contribution in [0.1, 0.15) is 99.3 Å². The van der Waals surface area contributed by atoms with E-state index in [0.29, 0.717) is 0 Å². The number of hydrogen-bond donors (Lipinski definition) is 0. The lowest BCUT2D eigenvalue weighted by Gasteiger charge is -2.30. The van der Waals surface area contributed by atoms with Gasteiger partial charge in [0.25, 0.3) is 0 Å². The van der Waals surface area contributed by atoms with Gasteiger partial charge < -0.3 is 9.80 Å². The SMILES string of the molecule is CN(CCC=Cc1ccc2c(c1)Cc1cc(C=CCCN(C)C3CCCCC3)ccc1-2)C1CCCCC1. The molecule has 198 valence electrons. The van der Waals surface area contributed by atoms with Gasteiger partial charge in [0.1, 0.15) is 0 Å². The van der Waals surface area contributed by atoms with E-state index in [2.05, 4.69) is 84.6 Å². The molecule has 37 heavy (non-hydrogen) atoms. The van der Waals surface area contributed by atoms with E-state index in [-0.39, 0.29) is 0 Å². The quantitative estimate of drug-likeness (QED) is 0.277. The van der Waals surface area contributed by atoms with E-state index in [0.717, 1.165) is 31.3 Å². The molecule has 5 rings (SSSR count). The van der Waals surface area contributed by atoms with Crippen LogP contribution in [0, 0.1) is 0 Å². The second kappa shape index (κ2) is 13.1. The van der Waals surface area contributed by atoms with Crippen molar-refractivity contribution in [2.75, 3.05) is 27.2 Å². The van der Waals surface area contributed by atoms with Crippen LogP contribution in [0.4, 0.5) is 0 Å². The van der Waals surface area contributed by atoms with Crippen LogP contribution in [0.3, 0.4) is 0 Å². The average molecular weight is 497 g/mol. The molecule has 3 aliphatic carbocycles. The van der Waals surface area contributed by atoms with E-state index >= 15 is 0 Å². The summed E-state index contributed by atoms with van der Waals surface area (Å²) in [6.07, 6.45) is 26.8. The van der Waals surface area contributed by atoms with Gasteiger partial charge in [0, 0.05) is 25.2 Å². The predicted octanol–water partition coefficient (Wildman–Crippen LogP) is 8.59. The zero-order chi connectivity index (χ0) is 25.5. The Morgan fingerprint density at radius 3 is 1.49 bits per heavy atom. The molecule has 0 amide bonds. The fourth-order valence-corrected chi connectivity index (χ4v) is 6.86. The van der Waals surface area contributed by atoms with Crippen molar-refractivity contribution in [2.45, 2.75) is 95.6 Å². The highest BCUT2D eigenvalue weighted by molar-refractivity contribution is 5.79. The minimum Gasteiger partial charge on any atom is -0.303 e. The summed E-state index contributed by atoms with van der Waals surface area (Å²) in [7, 11) is 4.63. The first-order valence-electron chi connectivity index (χ1n) is 15.2. The molecule has 2 saturated carbocycles. The molecule has 2 aromatic rings. The van der Waals surface area contributed by atoms with Crippen LogP contribution in [0.2, 0.25) is 0 Å². The smallest absolute Gasteiger partial charge is 0.00923 e. The average Bonchev–Trinajstić information content (AvgIpc) is 3.31. The van der Waals surface area contributed by atoms with Gasteiger partial charge in [-0.05, 0) is 92.4 Å². The van der Waals surface area contributed by atoms with Crippen molar-refractivity contribution in [2.24, 2.45) is 0 Å². The number of rotatable bonds is 10. The molecule has 0 atom stereocenters. The minimum absolute atomic E-state index is 0.809. The van der Waals surface area contributed by atoms with Crippen LogP contribution < -0.4 is 0 Å². The van der Waals surface area contributed by atoms with Crippen molar-refractivity contribution in [3.8, 4) is 11.1 Å². The maximum atomic E-state index is 2.59. The summed E-state index contributed by atoms with van der Waals surface area (Å²) in [5, 5.41) is 0. The summed E-state index contributed by atoms with van der Waals surface area (Å²) in [6, 6.07) is 15.7. The van der Waals surface area contributed by atoms with E-state index in [4.69, 9.17) is 0 Å². The highest BCUT2D eigenvalue weighted by atomic mass is 15.1. The van der Waals surface area contributed by atoms with E-state index in [1.54, 1.807) is 0 Å². The Morgan fingerprint density at radius 1 is 0.622 bits per heavy atom. The standard InChI is InChI=1S/C35H48N2/c1-36(32-15-5-3-6-16-32)23-11-9-13-28-19-21-34-30(25-28)27-31-26-29(20-22-35(31)34)14-10-12-24-37(2)33-17-7-4-8-18-33/h9-10,13-14,19-22,25-26,32-33H,3-8,11-12,15-18,23-24,27H2,1-2H3. The lowest BCUT2D eigenvalue weighted by molar-refractivity contribution is 0.195.